The van der Waals surface area contributed by atoms with Gasteiger partial charge in [0.2, 0.25) is 0 Å². The van der Waals surface area contributed by atoms with E-state index < -0.39 is 0 Å². The third kappa shape index (κ3) is 2.64. The van der Waals surface area contributed by atoms with E-state index in [4.69, 9.17) is 4.74 Å². The molecule has 0 aliphatic carbocycles. The first kappa shape index (κ1) is 10.3. The number of hydrogen-bond acceptors (Lipinski definition) is 5. The van der Waals surface area contributed by atoms with Crippen LogP contribution in [0.25, 0.3) is 11.2 Å². The minimum atomic E-state index is 0.694. The summed E-state index contributed by atoms with van der Waals surface area (Å²) in [4.78, 5) is 12.7. The smallest absolute Gasteiger partial charge is 0.179 e. The lowest BCUT2D eigenvalue weighted by molar-refractivity contribution is 0.218. The van der Waals surface area contributed by atoms with Crippen molar-refractivity contribution < 1.29 is 4.74 Å². The summed E-state index contributed by atoms with van der Waals surface area (Å²) in [5.41, 5.74) is 1.52. The Kier molecular flexibility index (Phi) is 3.47. The molecule has 0 amide bonds. The van der Waals surface area contributed by atoms with Crippen LogP contribution in [-0.2, 0) is 4.74 Å². The number of pyridine rings is 1. The molecule has 2 rings (SSSR count). The monoisotopic (exact) mass is 221 g/mol. The molecule has 15 heavy (non-hydrogen) atoms. The molecule has 78 valence electrons. The van der Waals surface area contributed by atoms with Gasteiger partial charge < -0.3 is 4.74 Å². The zero-order valence-electron chi connectivity index (χ0n) is 8.38. The number of thioether (sulfide) groups is 1. The fraction of sp³-hybridized carbons (Fsp3) is 0.300. The van der Waals surface area contributed by atoms with Gasteiger partial charge in [-0.2, -0.15) is 0 Å². The van der Waals surface area contributed by atoms with Gasteiger partial charge in [0.25, 0.3) is 0 Å². The van der Waals surface area contributed by atoms with Crippen molar-refractivity contribution in [2.75, 3.05) is 19.5 Å². The molecule has 4 nitrogen and oxygen atoms in total. The van der Waals surface area contributed by atoms with Gasteiger partial charge in [0, 0.05) is 25.3 Å². The van der Waals surface area contributed by atoms with E-state index in [9.17, 15) is 0 Å². The zero-order chi connectivity index (χ0) is 10.5. The molecule has 2 heterocycles. The minimum absolute atomic E-state index is 0.694. The van der Waals surface area contributed by atoms with E-state index in [0.29, 0.717) is 5.65 Å². The Morgan fingerprint density at radius 1 is 1.27 bits per heavy atom. The van der Waals surface area contributed by atoms with Crippen LogP contribution in [0.5, 0.6) is 0 Å². The molecule has 2 aromatic rings. The fourth-order valence-electron chi connectivity index (χ4n) is 1.15. The Morgan fingerprint density at radius 2 is 2.13 bits per heavy atom. The maximum absolute atomic E-state index is 4.97. The summed E-state index contributed by atoms with van der Waals surface area (Å²) in [6.45, 7) is 0.727. The third-order valence-corrected chi connectivity index (χ3v) is 2.74. The second-order valence-electron chi connectivity index (χ2n) is 2.89. The number of hydrogen-bond donors (Lipinski definition) is 0. The topological polar surface area (TPSA) is 47.9 Å². The molecule has 0 spiro atoms. The van der Waals surface area contributed by atoms with Crippen molar-refractivity contribution >= 4 is 22.9 Å². The number of nitrogens with zero attached hydrogens (tertiary/aromatic N) is 3. The van der Waals surface area contributed by atoms with Crippen LogP contribution in [0.15, 0.2) is 29.6 Å². The van der Waals surface area contributed by atoms with Crippen LogP contribution in [0, 0.1) is 0 Å². The van der Waals surface area contributed by atoms with Gasteiger partial charge in [0.1, 0.15) is 5.52 Å². The molecule has 0 saturated heterocycles. The summed E-state index contributed by atoms with van der Waals surface area (Å²) in [6.07, 6.45) is 3.32. The molecule has 0 fully saturated rings. The first-order valence-corrected chi connectivity index (χ1v) is 5.58. The number of rotatable bonds is 4. The van der Waals surface area contributed by atoms with E-state index in [2.05, 4.69) is 15.0 Å². The standard InChI is InChI=1S/C10H11N3OS/c1-14-6-7-15-9-3-2-8-10(13-9)12-5-4-11-8/h2-5H,6-7H2,1H3. The molecule has 0 radical (unpaired) electrons. The van der Waals surface area contributed by atoms with Crippen LogP contribution in [0.4, 0.5) is 0 Å². The van der Waals surface area contributed by atoms with Gasteiger partial charge in [0.15, 0.2) is 5.65 Å². The summed E-state index contributed by atoms with van der Waals surface area (Å²) >= 11 is 1.66. The summed E-state index contributed by atoms with van der Waals surface area (Å²) in [5, 5.41) is 0.958. The fourth-order valence-corrected chi connectivity index (χ4v) is 1.92. The predicted molar refractivity (Wildman–Crippen MR) is 59.9 cm³/mol. The molecular formula is C10H11N3OS. The van der Waals surface area contributed by atoms with E-state index in [1.165, 1.54) is 0 Å². The van der Waals surface area contributed by atoms with Crippen LogP contribution in [0.2, 0.25) is 0 Å². The lowest BCUT2D eigenvalue weighted by Gasteiger charge is -2.00. The molecule has 5 heteroatoms. The molecule has 0 aromatic carbocycles. The maximum Gasteiger partial charge on any atom is 0.179 e. The van der Waals surface area contributed by atoms with Gasteiger partial charge in [-0.15, -0.1) is 11.8 Å². The highest BCUT2D eigenvalue weighted by molar-refractivity contribution is 7.99. The highest BCUT2D eigenvalue weighted by atomic mass is 32.2. The quantitative estimate of drug-likeness (QED) is 0.581. The SMILES string of the molecule is COCCSc1ccc2nccnc2n1. The molecule has 0 atom stereocenters. The number of ether oxygens (including phenoxy) is 1. The average molecular weight is 221 g/mol. The molecule has 2 aromatic heterocycles. The molecule has 0 N–H and O–H groups in total. The number of methoxy groups -OCH3 is 1. The first-order chi connectivity index (χ1) is 7.40. The van der Waals surface area contributed by atoms with Gasteiger partial charge in [-0.25, -0.2) is 9.97 Å². The predicted octanol–water partition coefficient (Wildman–Crippen LogP) is 1.76. The van der Waals surface area contributed by atoms with Crippen molar-refractivity contribution in [1.82, 2.24) is 15.0 Å². The molecule has 0 unspecified atom stereocenters. The zero-order valence-corrected chi connectivity index (χ0v) is 9.20. The van der Waals surface area contributed by atoms with E-state index in [1.54, 1.807) is 31.3 Å². The molecule has 0 aliphatic heterocycles. The summed E-state index contributed by atoms with van der Waals surface area (Å²) in [6, 6.07) is 3.89. The van der Waals surface area contributed by atoms with Gasteiger partial charge >= 0.3 is 0 Å². The van der Waals surface area contributed by atoms with Crippen molar-refractivity contribution in [3.63, 3.8) is 0 Å². The summed E-state index contributed by atoms with van der Waals surface area (Å²) in [5.74, 6) is 0.898. The number of aromatic nitrogens is 3. The van der Waals surface area contributed by atoms with Crippen LogP contribution in [0.3, 0.4) is 0 Å². The van der Waals surface area contributed by atoms with Gasteiger partial charge in [-0.1, -0.05) is 0 Å². The van der Waals surface area contributed by atoms with Crippen LogP contribution < -0.4 is 0 Å². The maximum atomic E-state index is 4.97. The van der Waals surface area contributed by atoms with E-state index in [0.717, 1.165) is 22.9 Å². The van der Waals surface area contributed by atoms with Crippen molar-refractivity contribution in [2.45, 2.75) is 5.03 Å². The second-order valence-corrected chi connectivity index (χ2v) is 4.01. The average Bonchev–Trinajstić information content (AvgIpc) is 2.29. The van der Waals surface area contributed by atoms with Crippen molar-refractivity contribution in [3.05, 3.63) is 24.5 Å². The van der Waals surface area contributed by atoms with Gasteiger partial charge in [-0.05, 0) is 12.1 Å². The lowest BCUT2D eigenvalue weighted by atomic mass is 10.4. The minimum Gasteiger partial charge on any atom is -0.384 e. The Balaban J connectivity index is 2.16. The summed E-state index contributed by atoms with van der Waals surface area (Å²) < 4.78 is 4.97. The van der Waals surface area contributed by atoms with Crippen molar-refractivity contribution in [3.8, 4) is 0 Å². The van der Waals surface area contributed by atoms with E-state index in [-0.39, 0.29) is 0 Å². The van der Waals surface area contributed by atoms with Crippen LogP contribution >= 0.6 is 11.8 Å². The summed E-state index contributed by atoms with van der Waals surface area (Å²) in [7, 11) is 1.69. The molecule has 0 saturated carbocycles. The molecular weight excluding hydrogens is 210 g/mol. The second kappa shape index (κ2) is 5.04. The Hall–Kier alpha value is -1.20. The van der Waals surface area contributed by atoms with Crippen molar-refractivity contribution in [2.24, 2.45) is 0 Å². The molecule has 0 bridgehead atoms. The van der Waals surface area contributed by atoms with Gasteiger partial charge in [0.05, 0.1) is 11.6 Å². The van der Waals surface area contributed by atoms with E-state index >= 15 is 0 Å². The van der Waals surface area contributed by atoms with Crippen molar-refractivity contribution in [1.29, 1.82) is 0 Å². The van der Waals surface area contributed by atoms with Crippen LogP contribution in [0.1, 0.15) is 0 Å². The lowest BCUT2D eigenvalue weighted by Crippen LogP contribution is -1.93. The van der Waals surface area contributed by atoms with Gasteiger partial charge in [-0.3, -0.25) is 4.98 Å². The molecule has 0 aliphatic rings. The highest BCUT2D eigenvalue weighted by Crippen LogP contribution is 2.17. The largest absolute Gasteiger partial charge is 0.384 e. The Labute approximate surface area is 92.1 Å². The normalized spacial score (nSPS) is 10.7. The number of fused-ring (bicyclic) bond motifs is 1. The Bertz CT molecular complexity index is 449. The van der Waals surface area contributed by atoms with Crippen LogP contribution in [-0.4, -0.2) is 34.4 Å². The Morgan fingerprint density at radius 3 is 3.00 bits per heavy atom. The van der Waals surface area contributed by atoms with E-state index in [1.807, 2.05) is 12.1 Å². The highest BCUT2D eigenvalue weighted by Gasteiger charge is 1.99. The third-order valence-electron chi connectivity index (χ3n) is 1.84. The first-order valence-electron chi connectivity index (χ1n) is 4.59.